The second-order valence-electron chi connectivity index (χ2n) is 4.84. The molecule has 0 atom stereocenters. The molecular weight excluding hydrogens is 340 g/mol. The Morgan fingerprint density at radius 1 is 1.17 bits per heavy atom. The van der Waals surface area contributed by atoms with Gasteiger partial charge < -0.3 is 15.4 Å². The largest absolute Gasteiger partial charge is 0.462 e. The molecule has 126 valence electrons. The zero-order chi connectivity index (χ0) is 17.2. The number of rotatable bonds is 7. The summed E-state index contributed by atoms with van der Waals surface area (Å²) < 4.78 is 4.99. The first kappa shape index (κ1) is 18.3. The van der Waals surface area contributed by atoms with E-state index in [9.17, 15) is 4.79 Å². The van der Waals surface area contributed by atoms with Crippen LogP contribution in [0.25, 0.3) is 0 Å². The molecule has 24 heavy (non-hydrogen) atoms. The Bertz CT molecular complexity index is 678. The third-order valence-electron chi connectivity index (χ3n) is 3.03. The molecule has 0 spiro atoms. The topological polar surface area (TPSA) is 50.4 Å². The summed E-state index contributed by atoms with van der Waals surface area (Å²) >= 11 is 7.05. The van der Waals surface area contributed by atoms with Gasteiger partial charge in [0.15, 0.2) is 5.11 Å². The molecular formula is C18H20N2O2S2. The fraction of sp³-hybridized carbons (Fsp3) is 0.222. The smallest absolute Gasteiger partial charge is 0.338 e. The van der Waals surface area contributed by atoms with Gasteiger partial charge in [0.05, 0.1) is 12.2 Å². The van der Waals surface area contributed by atoms with Gasteiger partial charge >= 0.3 is 5.97 Å². The summed E-state index contributed by atoms with van der Waals surface area (Å²) in [4.78, 5) is 13.0. The second-order valence-corrected chi connectivity index (χ2v) is 6.42. The van der Waals surface area contributed by atoms with Crippen LogP contribution in [0.15, 0.2) is 59.5 Å². The summed E-state index contributed by atoms with van der Waals surface area (Å²) in [6, 6.07) is 17.3. The molecule has 2 N–H and O–H groups in total. The van der Waals surface area contributed by atoms with E-state index in [-0.39, 0.29) is 5.97 Å². The fourth-order valence-corrected chi connectivity index (χ4v) is 2.97. The molecule has 0 unspecified atom stereocenters. The van der Waals surface area contributed by atoms with Crippen LogP contribution < -0.4 is 10.6 Å². The molecule has 0 heterocycles. The molecule has 4 nitrogen and oxygen atoms in total. The van der Waals surface area contributed by atoms with E-state index in [1.807, 2.05) is 24.3 Å². The Morgan fingerprint density at radius 2 is 1.96 bits per heavy atom. The van der Waals surface area contributed by atoms with E-state index in [0.29, 0.717) is 17.3 Å². The lowest BCUT2D eigenvalue weighted by Gasteiger charge is -2.11. The maximum absolute atomic E-state index is 11.7. The number of benzene rings is 2. The van der Waals surface area contributed by atoms with Gasteiger partial charge in [-0.25, -0.2) is 4.79 Å². The molecule has 0 fully saturated rings. The number of hydrogen-bond donors (Lipinski definition) is 2. The van der Waals surface area contributed by atoms with Gasteiger partial charge in [-0.05, 0) is 49.5 Å². The molecule has 0 radical (unpaired) electrons. The van der Waals surface area contributed by atoms with Gasteiger partial charge in [0.1, 0.15) is 0 Å². The van der Waals surface area contributed by atoms with Crippen LogP contribution in [0.5, 0.6) is 0 Å². The highest BCUT2D eigenvalue weighted by molar-refractivity contribution is 7.99. The van der Waals surface area contributed by atoms with Crippen molar-refractivity contribution in [2.45, 2.75) is 11.8 Å². The van der Waals surface area contributed by atoms with Crippen LogP contribution in [-0.4, -0.2) is 30.0 Å². The maximum Gasteiger partial charge on any atom is 0.338 e. The number of esters is 1. The molecule has 0 saturated carbocycles. The Labute approximate surface area is 152 Å². The molecule has 0 bridgehead atoms. The fourth-order valence-electron chi connectivity index (χ4n) is 1.96. The molecule has 2 aromatic rings. The number of hydrogen-bond acceptors (Lipinski definition) is 4. The zero-order valence-corrected chi connectivity index (χ0v) is 15.1. The lowest BCUT2D eigenvalue weighted by atomic mass is 10.2. The van der Waals surface area contributed by atoms with Crippen molar-refractivity contribution in [3.05, 3.63) is 60.2 Å². The van der Waals surface area contributed by atoms with Crippen LogP contribution in [0.3, 0.4) is 0 Å². The summed E-state index contributed by atoms with van der Waals surface area (Å²) in [7, 11) is 0. The number of thiocarbonyl (C=S) groups is 1. The van der Waals surface area contributed by atoms with Crippen molar-refractivity contribution in [2.75, 3.05) is 24.2 Å². The monoisotopic (exact) mass is 360 g/mol. The molecule has 2 rings (SSSR count). The third-order valence-corrected chi connectivity index (χ3v) is 4.29. The zero-order valence-electron chi connectivity index (χ0n) is 13.5. The van der Waals surface area contributed by atoms with Crippen molar-refractivity contribution in [1.82, 2.24) is 5.32 Å². The number of ether oxygens (including phenoxy) is 1. The molecule has 0 saturated heterocycles. The number of thioether (sulfide) groups is 1. The minimum absolute atomic E-state index is 0.334. The van der Waals surface area contributed by atoms with E-state index in [2.05, 4.69) is 22.8 Å². The average molecular weight is 361 g/mol. The van der Waals surface area contributed by atoms with Crippen molar-refractivity contribution in [2.24, 2.45) is 0 Å². The van der Waals surface area contributed by atoms with Gasteiger partial charge in [0.25, 0.3) is 0 Å². The summed E-state index contributed by atoms with van der Waals surface area (Å²) in [6.45, 7) is 2.89. The highest BCUT2D eigenvalue weighted by Crippen LogP contribution is 2.16. The van der Waals surface area contributed by atoms with E-state index >= 15 is 0 Å². The Morgan fingerprint density at radius 3 is 2.71 bits per heavy atom. The molecule has 0 aliphatic heterocycles. The van der Waals surface area contributed by atoms with E-state index in [4.69, 9.17) is 17.0 Å². The SMILES string of the molecule is CCOC(=O)c1cccc(NC(=S)NCCSc2ccccc2)c1. The van der Waals surface area contributed by atoms with Gasteiger partial charge in [0, 0.05) is 22.9 Å². The Balaban J connectivity index is 1.76. The van der Waals surface area contributed by atoms with Crippen LogP contribution in [0.2, 0.25) is 0 Å². The van der Waals surface area contributed by atoms with E-state index in [0.717, 1.165) is 18.0 Å². The van der Waals surface area contributed by atoms with Crippen LogP contribution in [0.4, 0.5) is 5.69 Å². The molecule has 0 aromatic heterocycles. The first-order valence-electron chi connectivity index (χ1n) is 7.69. The highest BCUT2D eigenvalue weighted by atomic mass is 32.2. The number of carbonyl (C=O) groups is 1. The van der Waals surface area contributed by atoms with Gasteiger partial charge in [-0.1, -0.05) is 24.3 Å². The predicted octanol–water partition coefficient (Wildman–Crippen LogP) is 3.94. The quantitative estimate of drug-likeness (QED) is 0.338. The first-order chi connectivity index (χ1) is 11.7. The van der Waals surface area contributed by atoms with Gasteiger partial charge in [-0.2, -0.15) is 0 Å². The first-order valence-corrected chi connectivity index (χ1v) is 9.08. The normalized spacial score (nSPS) is 10.0. The molecule has 0 aliphatic carbocycles. The van der Waals surface area contributed by atoms with Crippen LogP contribution in [-0.2, 0) is 4.74 Å². The van der Waals surface area contributed by atoms with Gasteiger partial charge in [0.2, 0.25) is 0 Å². The predicted molar refractivity (Wildman–Crippen MR) is 104 cm³/mol. The van der Waals surface area contributed by atoms with Gasteiger partial charge in [-0.3, -0.25) is 0 Å². The van der Waals surface area contributed by atoms with E-state index in [1.165, 1.54) is 4.90 Å². The second kappa shape index (κ2) is 9.95. The summed E-state index contributed by atoms with van der Waals surface area (Å²) in [5.41, 5.74) is 1.26. The third kappa shape index (κ3) is 6.22. The number of carbonyl (C=O) groups excluding carboxylic acids is 1. The number of anilines is 1. The van der Waals surface area contributed by atoms with Crippen molar-refractivity contribution >= 4 is 40.7 Å². The summed E-state index contributed by atoms with van der Waals surface area (Å²) in [5.74, 6) is 0.577. The molecule has 0 aliphatic rings. The molecule has 6 heteroatoms. The van der Waals surface area contributed by atoms with Crippen LogP contribution in [0.1, 0.15) is 17.3 Å². The van der Waals surface area contributed by atoms with Crippen LogP contribution in [0, 0.1) is 0 Å². The summed E-state index contributed by atoms with van der Waals surface area (Å²) in [5, 5.41) is 6.77. The Hall–Kier alpha value is -2.05. The van der Waals surface area contributed by atoms with Crippen LogP contribution >= 0.6 is 24.0 Å². The van der Waals surface area contributed by atoms with E-state index < -0.39 is 0 Å². The lowest BCUT2D eigenvalue weighted by molar-refractivity contribution is 0.0526. The van der Waals surface area contributed by atoms with Gasteiger partial charge in [-0.15, -0.1) is 11.8 Å². The number of nitrogens with one attached hydrogen (secondary N) is 2. The standard InChI is InChI=1S/C18H20N2O2S2/c1-2-22-17(21)14-7-6-8-15(13-14)20-18(23)19-11-12-24-16-9-4-3-5-10-16/h3-10,13H,2,11-12H2,1H3,(H2,19,20,23). The van der Waals surface area contributed by atoms with Crippen molar-refractivity contribution < 1.29 is 9.53 Å². The van der Waals surface area contributed by atoms with Crippen molar-refractivity contribution in [1.29, 1.82) is 0 Å². The molecule has 2 aromatic carbocycles. The minimum atomic E-state index is -0.334. The van der Waals surface area contributed by atoms with E-state index in [1.54, 1.807) is 36.9 Å². The van der Waals surface area contributed by atoms with Crippen molar-refractivity contribution in [3.8, 4) is 0 Å². The lowest BCUT2D eigenvalue weighted by Crippen LogP contribution is -2.30. The summed E-state index contributed by atoms with van der Waals surface area (Å²) in [6.07, 6.45) is 0. The average Bonchev–Trinajstić information content (AvgIpc) is 2.60. The maximum atomic E-state index is 11.7. The minimum Gasteiger partial charge on any atom is -0.462 e. The Kier molecular flexibility index (Phi) is 7.58. The molecule has 0 amide bonds. The highest BCUT2D eigenvalue weighted by Gasteiger charge is 2.07. The van der Waals surface area contributed by atoms with Crippen molar-refractivity contribution in [3.63, 3.8) is 0 Å².